The minimum atomic E-state index is -0.658. The molecule has 0 amide bonds. The van der Waals surface area contributed by atoms with Crippen molar-refractivity contribution in [3.8, 4) is 5.69 Å². The molecule has 3 aromatic rings. The molecule has 1 N–H and O–H groups in total. The Morgan fingerprint density at radius 1 is 0.969 bits per heavy atom. The maximum absolute atomic E-state index is 13.5. The third-order valence-electron chi connectivity index (χ3n) is 5.92. The topological polar surface area (TPSA) is 58.5 Å². The lowest BCUT2D eigenvalue weighted by atomic mass is 10.0. The smallest absolute Gasteiger partial charge is 0.246 e. The Hall–Kier alpha value is -3.04. The highest BCUT2D eigenvalue weighted by Crippen LogP contribution is 2.29. The first kappa shape index (κ1) is 20.8. The van der Waals surface area contributed by atoms with E-state index >= 15 is 0 Å². The van der Waals surface area contributed by atoms with E-state index in [1.54, 1.807) is 0 Å². The lowest BCUT2D eigenvalue weighted by Gasteiger charge is -2.46. The maximum Gasteiger partial charge on any atom is 0.246 e. The second-order valence-electron chi connectivity index (χ2n) is 8.38. The van der Waals surface area contributed by atoms with E-state index in [0.29, 0.717) is 12.0 Å². The Balaban J connectivity index is 1.26. The summed E-state index contributed by atoms with van der Waals surface area (Å²) in [4.78, 5) is 9.13. The molecular weight excluding hydrogens is 414 g/mol. The van der Waals surface area contributed by atoms with E-state index in [0.717, 1.165) is 68.8 Å². The van der Waals surface area contributed by atoms with Crippen molar-refractivity contribution in [1.29, 1.82) is 0 Å². The summed E-state index contributed by atoms with van der Waals surface area (Å²) in [6, 6.07) is 10.1. The van der Waals surface area contributed by atoms with Crippen LogP contribution in [0.2, 0.25) is 0 Å². The molecule has 168 valence electrons. The van der Waals surface area contributed by atoms with Gasteiger partial charge in [-0.1, -0.05) is 0 Å². The zero-order valence-electron chi connectivity index (χ0n) is 18.0. The molecule has 32 heavy (non-hydrogen) atoms. The summed E-state index contributed by atoms with van der Waals surface area (Å²) in [7, 11) is 0. The van der Waals surface area contributed by atoms with Crippen molar-refractivity contribution in [2.75, 3.05) is 49.6 Å². The first-order valence-corrected chi connectivity index (χ1v) is 10.9. The SMILES string of the molecule is Cc1cc(Nc2ncn(-c3cc(F)cc(F)c3)n2)cc(N2CC(N3CCCOCC3)C2)c1. The molecule has 2 aliphatic rings. The van der Waals surface area contributed by atoms with Crippen LogP contribution in [0.1, 0.15) is 12.0 Å². The molecule has 0 bridgehead atoms. The standard InChI is InChI=1S/C23H26F2N6O/c1-16-7-19(27-23-26-15-31(28-23)21-10-17(24)9-18(25)11-21)12-20(8-16)30-13-22(14-30)29-3-2-5-32-6-4-29/h7-12,15,22H,2-6,13-14H2,1H3,(H,27,28). The van der Waals surface area contributed by atoms with Crippen molar-refractivity contribution in [3.63, 3.8) is 0 Å². The number of rotatable bonds is 5. The van der Waals surface area contributed by atoms with E-state index in [2.05, 4.69) is 44.3 Å². The van der Waals surface area contributed by atoms with E-state index in [1.165, 1.54) is 23.1 Å². The third kappa shape index (κ3) is 4.58. The van der Waals surface area contributed by atoms with Gasteiger partial charge in [-0.2, -0.15) is 4.98 Å². The van der Waals surface area contributed by atoms with Crippen LogP contribution in [0, 0.1) is 18.6 Å². The Morgan fingerprint density at radius 2 is 1.78 bits per heavy atom. The number of benzene rings is 2. The average molecular weight is 440 g/mol. The molecule has 9 heteroatoms. The van der Waals surface area contributed by atoms with Crippen LogP contribution >= 0.6 is 0 Å². The monoisotopic (exact) mass is 440 g/mol. The number of ether oxygens (including phenoxy) is 1. The molecule has 0 spiro atoms. The number of hydrogen-bond acceptors (Lipinski definition) is 6. The van der Waals surface area contributed by atoms with Crippen molar-refractivity contribution in [1.82, 2.24) is 19.7 Å². The third-order valence-corrected chi connectivity index (χ3v) is 5.92. The minimum absolute atomic E-state index is 0.276. The lowest BCUT2D eigenvalue weighted by molar-refractivity contribution is 0.124. The highest BCUT2D eigenvalue weighted by molar-refractivity contribution is 5.65. The van der Waals surface area contributed by atoms with Crippen LogP contribution in [0.5, 0.6) is 0 Å². The summed E-state index contributed by atoms with van der Waals surface area (Å²) in [5, 5.41) is 7.51. The van der Waals surface area contributed by atoms with E-state index in [-0.39, 0.29) is 5.69 Å². The summed E-state index contributed by atoms with van der Waals surface area (Å²) >= 11 is 0. The molecule has 1 aromatic heterocycles. The average Bonchev–Trinajstić information content (AvgIpc) is 3.00. The number of aryl methyl sites for hydroxylation is 1. The number of aromatic nitrogens is 3. The zero-order chi connectivity index (χ0) is 22.1. The quantitative estimate of drug-likeness (QED) is 0.655. The highest BCUT2D eigenvalue weighted by atomic mass is 19.1. The van der Waals surface area contributed by atoms with Gasteiger partial charge < -0.3 is 15.0 Å². The molecule has 0 atom stereocenters. The molecule has 0 aliphatic carbocycles. The summed E-state index contributed by atoms with van der Waals surface area (Å²) in [5.41, 5.74) is 3.43. The number of halogens is 2. The Morgan fingerprint density at radius 3 is 2.59 bits per heavy atom. The van der Waals surface area contributed by atoms with Gasteiger partial charge in [-0.05, 0) is 49.2 Å². The summed E-state index contributed by atoms with van der Waals surface area (Å²) in [5.74, 6) is -0.958. The fourth-order valence-corrected chi connectivity index (χ4v) is 4.29. The van der Waals surface area contributed by atoms with Crippen LogP contribution in [0.15, 0.2) is 42.7 Å². The van der Waals surface area contributed by atoms with Gasteiger partial charge in [0.1, 0.15) is 18.0 Å². The Labute approximate surface area is 185 Å². The van der Waals surface area contributed by atoms with Crippen molar-refractivity contribution < 1.29 is 13.5 Å². The van der Waals surface area contributed by atoms with Gasteiger partial charge in [-0.3, -0.25) is 4.90 Å². The first-order valence-electron chi connectivity index (χ1n) is 10.9. The number of anilines is 3. The normalized spacial score (nSPS) is 17.8. The van der Waals surface area contributed by atoms with Crippen LogP contribution in [-0.4, -0.2) is 65.1 Å². The van der Waals surface area contributed by atoms with Gasteiger partial charge in [0.2, 0.25) is 5.95 Å². The van der Waals surface area contributed by atoms with Crippen molar-refractivity contribution in [2.24, 2.45) is 0 Å². The molecule has 2 fully saturated rings. The molecule has 0 radical (unpaired) electrons. The van der Waals surface area contributed by atoms with Gasteiger partial charge in [0.05, 0.1) is 12.3 Å². The number of nitrogens with one attached hydrogen (secondary N) is 1. The van der Waals surface area contributed by atoms with Gasteiger partial charge in [-0.25, -0.2) is 13.5 Å². The fourth-order valence-electron chi connectivity index (χ4n) is 4.29. The summed E-state index contributed by atoms with van der Waals surface area (Å²) in [6.45, 7) is 7.83. The molecule has 0 unspecified atom stereocenters. The maximum atomic E-state index is 13.5. The molecule has 0 saturated carbocycles. The predicted octanol–water partition coefficient (Wildman–Crippen LogP) is 3.51. The van der Waals surface area contributed by atoms with E-state index < -0.39 is 11.6 Å². The van der Waals surface area contributed by atoms with E-state index in [9.17, 15) is 8.78 Å². The molecule has 7 nitrogen and oxygen atoms in total. The largest absolute Gasteiger partial charge is 0.380 e. The summed E-state index contributed by atoms with van der Waals surface area (Å²) in [6.07, 6.45) is 2.52. The van der Waals surface area contributed by atoms with Crippen molar-refractivity contribution in [3.05, 3.63) is 59.9 Å². The van der Waals surface area contributed by atoms with Crippen LogP contribution < -0.4 is 10.2 Å². The lowest BCUT2D eigenvalue weighted by Crippen LogP contribution is -2.60. The van der Waals surface area contributed by atoms with Crippen LogP contribution in [-0.2, 0) is 4.74 Å². The van der Waals surface area contributed by atoms with Crippen molar-refractivity contribution >= 4 is 17.3 Å². The molecule has 2 aromatic carbocycles. The highest BCUT2D eigenvalue weighted by Gasteiger charge is 2.32. The second-order valence-corrected chi connectivity index (χ2v) is 8.38. The van der Waals surface area contributed by atoms with Gasteiger partial charge in [-0.15, -0.1) is 5.10 Å². The van der Waals surface area contributed by atoms with Gasteiger partial charge >= 0.3 is 0 Å². The van der Waals surface area contributed by atoms with Gasteiger partial charge in [0.25, 0.3) is 0 Å². The Bertz CT molecular complexity index is 1070. The molecule has 2 aliphatic heterocycles. The summed E-state index contributed by atoms with van der Waals surface area (Å²) < 4.78 is 33.9. The predicted molar refractivity (Wildman–Crippen MR) is 119 cm³/mol. The fraction of sp³-hybridized carbons (Fsp3) is 0.391. The molecule has 2 saturated heterocycles. The number of nitrogens with zero attached hydrogens (tertiary/aromatic N) is 5. The van der Waals surface area contributed by atoms with Crippen LogP contribution in [0.3, 0.4) is 0 Å². The van der Waals surface area contributed by atoms with E-state index in [4.69, 9.17) is 4.74 Å². The molecule has 5 rings (SSSR count). The van der Waals surface area contributed by atoms with Crippen molar-refractivity contribution in [2.45, 2.75) is 19.4 Å². The van der Waals surface area contributed by atoms with Crippen LogP contribution in [0.4, 0.5) is 26.1 Å². The molecular formula is C23H26F2N6O. The molecule has 3 heterocycles. The van der Waals surface area contributed by atoms with E-state index in [1.807, 2.05) is 6.07 Å². The van der Waals surface area contributed by atoms with Crippen LogP contribution in [0.25, 0.3) is 5.69 Å². The minimum Gasteiger partial charge on any atom is -0.380 e. The Kier molecular flexibility index (Phi) is 5.75. The van der Waals surface area contributed by atoms with Gasteiger partial charge in [0, 0.05) is 56.3 Å². The zero-order valence-corrected chi connectivity index (χ0v) is 18.0. The first-order chi connectivity index (χ1) is 15.5. The number of hydrogen-bond donors (Lipinski definition) is 1. The second kappa shape index (κ2) is 8.84. The van der Waals surface area contributed by atoms with Gasteiger partial charge in [0.15, 0.2) is 0 Å².